The average molecular weight is 415 g/mol. The first-order valence-corrected chi connectivity index (χ1v) is 11.5. The molecule has 2 heterocycles. The summed E-state index contributed by atoms with van der Waals surface area (Å²) >= 11 is 0. The molecular formula is C23H38N6O. The van der Waals surface area contributed by atoms with E-state index in [-0.39, 0.29) is 5.91 Å². The van der Waals surface area contributed by atoms with Crippen LogP contribution >= 0.6 is 0 Å². The maximum atomic E-state index is 11.9. The number of carbonyl (C=O) groups excluding carboxylic acids is 1. The topological polar surface area (TPSA) is 63.2 Å². The molecular weight excluding hydrogens is 376 g/mol. The van der Waals surface area contributed by atoms with Crippen molar-refractivity contribution in [3.8, 4) is 0 Å². The van der Waals surface area contributed by atoms with Gasteiger partial charge in [0.1, 0.15) is 0 Å². The minimum atomic E-state index is 0.243. The second-order valence-corrected chi connectivity index (χ2v) is 8.19. The number of nitrogens with one attached hydrogen (secondary N) is 2. The summed E-state index contributed by atoms with van der Waals surface area (Å²) in [4.78, 5) is 23.7. The van der Waals surface area contributed by atoms with Gasteiger partial charge in [-0.2, -0.15) is 0 Å². The van der Waals surface area contributed by atoms with Gasteiger partial charge >= 0.3 is 0 Å². The van der Waals surface area contributed by atoms with Crippen LogP contribution in [0.1, 0.15) is 32.3 Å². The highest BCUT2D eigenvalue weighted by atomic mass is 16.2. The molecule has 1 atom stereocenters. The Kier molecular flexibility index (Phi) is 8.96. The summed E-state index contributed by atoms with van der Waals surface area (Å²) in [6.45, 7) is 13.7. The number of nitrogens with zero attached hydrogens (tertiary/aromatic N) is 4. The Bertz CT molecular complexity index is 672. The molecule has 0 aliphatic carbocycles. The van der Waals surface area contributed by atoms with Crippen LogP contribution in [0, 0.1) is 0 Å². The van der Waals surface area contributed by atoms with Crippen molar-refractivity contribution in [1.82, 2.24) is 25.3 Å². The van der Waals surface area contributed by atoms with E-state index in [2.05, 4.69) is 57.7 Å². The maximum absolute atomic E-state index is 11.9. The fourth-order valence-corrected chi connectivity index (χ4v) is 4.16. The molecule has 1 aromatic carbocycles. The zero-order valence-corrected chi connectivity index (χ0v) is 18.6. The van der Waals surface area contributed by atoms with Crippen molar-refractivity contribution in [2.75, 3.05) is 58.9 Å². The van der Waals surface area contributed by atoms with Crippen LogP contribution in [0.4, 0.5) is 0 Å². The first-order valence-electron chi connectivity index (χ1n) is 11.5. The van der Waals surface area contributed by atoms with E-state index in [9.17, 15) is 4.79 Å². The van der Waals surface area contributed by atoms with Gasteiger partial charge in [0.05, 0.1) is 6.54 Å². The minimum Gasteiger partial charge on any atom is -0.357 e. The number of piperazine rings is 1. The number of rotatable bonds is 8. The van der Waals surface area contributed by atoms with Gasteiger partial charge < -0.3 is 15.5 Å². The van der Waals surface area contributed by atoms with E-state index >= 15 is 0 Å². The average Bonchev–Trinajstić information content (AvgIpc) is 3.24. The lowest BCUT2D eigenvalue weighted by atomic mass is 10.2. The van der Waals surface area contributed by atoms with Gasteiger partial charge in [0.15, 0.2) is 5.96 Å². The predicted molar refractivity (Wildman–Crippen MR) is 123 cm³/mol. The van der Waals surface area contributed by atoms with Crippen LogP contribution < -0.4 is 10.6 Å². The number of hydrogen-bond acceptors (Lipinski definition) is 4. The largest absolute Gasteiger partial charge is 0.357 e. The van der Waals surface area contributed by atoms with Gasteiger partial charge in [-0.15, -0.1) is 0 Å². The van der Waals surface area contributed by atoms with Gasteiger partial charge in [0, 0.05) is 71.4 Å². The Morgan fingerprint density at radius 2 is 1.80 bits per heavy atom. The molecule has 7 nitrogen and oxygen atoms in total. The summed E-state index contributed by atoms with van der Waals surface area (Å²) in [6, 6.07) is 11.0. The highest BCUT2D eigenvalue weighted by molar-refractivity contribution is 5.80. The number of benzene rings is 1. The third kappa shape index (κ3) is 6.99. The molecule has 1 aromatic rings. The molecule has 1 amide bonds. The molecule has 2 aliphatic heterocycles. The third-order valence-corrected chi connectivity index (χ3v) is 5.93. The SMILES string of the molecule is CCNC(=NCCN1CCN(Cc2ccccc2)CC1)NC1CCN(C(=O)CC)C1. The molecule has 7 heteroatoms. The lowest BCUT2D eigenvalue weighted by Crippen LogP contribution is -2.47. The van der Waals surface area contributed by atoms with Crippen molar-refractivity contribution < 1.29 is 4.79 Å². The first kappa shape index (κ1) is 22.6. The summed E-state index contributed by atoms with van der Waals surface area (Å²) in [5.41, 5.74) is 1.39. The van der Waals surface area contributed by atoms with Crippen LogP contribution in [0.25, 0.3) is 0 Å². The van der Waals surface area contributed by atoms with E-state index in [1.54, 1.807) is 0 Å². The molecule has 0 spiro atoms. The number of aliphatic imine (C=N–C) groups is 1. The molecule has 0 radical (unpaired) electrons. The molecule has 0 saturated carbocycles. The van der Waals surface area contributed by atoms with Crippen molar-refractivity contribution in [2.45, 2.75) is 39.3 Å². The molecule has 166 valence electrons. The zero-order chi connectivity index (χ0) is 21.2. The molecule has 2 aliphatic rings. The summed E-state index contributed by atoms with van der Waals surface area (Å²) in [7, 11) is 0. The zero-order valence-electron chi connectivity index (χ0n) is 18.6. The van der Waals surface area contributed by atoms with Crippen LogP contribution in [0.5, 0.6) is 0 Å². The highest BCUT2D eigenvalue weighted by Crippen LogP contribution is 2.11. The van der Waals surface area contributed by atoms with E-state index < -0.39 is 0 Å². The molecule has 2 saturated heterocycles. The van der Waals surface area contributed by atoms with Crippen molar-refractivity contribution in [1.29, 1.82) is 0 Å². The van der Waals surface area contributed by atoms with E-state index in [0.29, 0.717) is 12.5 Å². The van der Waals surface area contributed by atoms with Crippen molar-refractivity contribution in [3.63, 3.8) is 0 Å². The summed E-state index contributed by atoms with van der Waals surface area (Å²) in [5.74, 6) is 1.11. The fourth-order valence-electron chi connectivity index (χ4n) is 4.16. The summed E-state index contributed by atoms with van der Waals surface area (Å²) in [6.07, 6.45) is 1.57. The lowest BCUT2D eigenvalue weighted by molar-refractivity contribution is -0.129. The van der Waals surface area contributed by atoms with Crippen LogP contribution in [0.3, 0.4) is 0 Å². The highest BCUT2D eigenvalue weighted by Gasteiger charge is 2.25. The maximum Gasteiger partial charge on any atom is 0.222 e. The Morgan fingerprint density at radius 3 is 2.50 bits per heavy atom. The van der Waals surface area contributed by atoms with Gasteiger partial charge in [-0.25, -0.2) is 0 Å². The monoisotopic (exact) mass is 414 g/mol. The van der Waals surface area contributed by atoms with Gasteiger partial charge in [-0.3, -0.25) is 19.6 Å². The Labute approximate surface area is 181 Å². The molecule has 2 fully saturated rings. The van der Waals surface area contributed by atoms with Crippen LogP contribution in [0.15, 0.2) is 35.3 Å². The molecule has 3 rings (SSSR count). The number of guanidine groups is 1. The second-order valence-electron chi connectivity index (χ2n) is 8.19. The van der Waals surface area contributed by atoms with E-state index in [1.165, 1.54) is 5.56 Å². The van der Waals surface area contributed by atoms with Crippen LogP contribution in [-0.2, 0) is 11.3 Å². The van der Waals surface area contributed by atoms with Gasteiger partial charge in [-0.1, -0.05) is 37.3 Å². The quantitative estimate of drug-likeness (QED) is 0.497. The van der Waals surface area contributed by atoms with Crippen molar-refractivity contribution in [3.05, 3.63) is 35.9 Å². The molecule has 0 bridgehead atoms. The Morgan fingerprint density at radius 1 is 1.07 bits per heavy atom. The van der Waals surface area contributed by atoms with Crippen LogP contribution in [0.2, 0.25) is 0 Å². The number of amides is 1. The van der Waals surface area contributed by atoms with Crippen molar-refractivity contribution >= 4 is 11.9 Å². The second kappa shape index (κ2) is 11.9. The molecule has 1 unspecified atom stereocenters. The third-order valence-electron chi connectivity index (χ3n) is 5.93. The van der Waals surface area contributed by atoms with E-state index in [0.717, 1.165) is 77.8 Å². The minimum absolute atomic E-state index is 0.243. The molecule has 2 N–H and O–H groups in total. The summed E-state index contributed by atoms with van der Waals surface area (Å²) in [5, 5.41) is 6.86. The number of likely N-dealkylation sites (tertiary alicyclic amines) is 1. The smallest absolute Gasteiger partial charge is 0.222 e. The Balaban J connectivity index is 1.38. The number of carbonyl (C=O) groups is 1. The summed E-state index contributed by atoms with van der Waals surface area (Å²) < 4.78 is 0. The lowest BCUT2D eigenvalue weighted by Gasteiger charge is -2.34. The molecule has 30 heavy (non-hydrogen) atoms. The van der Waals surface area contributed by atoms with Gasteiger partial charge in [0.25, 0.3) is 0 Å². The standard InChI is InChI=1S/C23H38N6O/c1-3-22(30)29-12-10-21(19-29)26-23(24-4-2)25-11-13-27-14-16-28(17-15-27)18-20-8-6-5-7-9-20/h5-9,21H,3-4,10-19H2,1-2H3,(H2,24,25,26). The Hall–Kier alpha value is -2.12. The van der Waals surface area contributed by atoms with Crippen LogP contribution in [-0.4, -0.2) is 91.5 Å². The van der Waals surface area contributed by atoms with Gasteiger partial charge in [-0.05, 0) is 18.9 Å². The normalized spacial score (nSPS) is 21.1. The first-order chi connectivity index (χ1) is 14.7. The van der Waals surface area contributed by atoms with Crippen molar-refractivity contribution in [2.24, 2.45) is 4.99 Å². The van der Waals surface area contributed by atoms with E-state index in [4.69, 9.17) is 4.99 Å². The fraction of sp³-hybridized carbons (Fsp3) is 0.652. The molecule has 0 aromatic heterocycles. The predicted octanol–water partition coefficient (Wildman–Crippen LogP) is 1.37. The van der Waals surface area contributed by atoms with E-state index in [1.807, 2.05) is 11.8 Å². The number of hydrogen-bond donors (Lipinski definition) is 2. The van der Waals surface area contributed by atoms with Gasteiger partial charge in [0.2, 0.25) is 5.91 Å².